The van der Waals surface area contributed by atoms with E-state index in [4.69, 9.17) is 11.6 Å². The first-order valence-corrected chi connectivity index (χ1v) is 8.57. The molecule has 0 saturated heterocycles. The molecule has 0 atom stereocenters. The summed E-state index contributed by atoms with van der Waals surface area (Å²) in [5.74, 6) is -1.24. The summed E-state index contributed by atoms with van der Waals surface area (Å²) in [7, 11) is -3.96. The number of nitrogens with one attached hydrogen (secondary N) is 1. The molecule has 25 heavy (non-hydrogen) atoms. The second-order valence-corrected chi connectivity index (χ2v) is 6.98. The topological polar surface area (TPSA) is 131 Å². The molecule has 128 valence electrons. The third-order valence-electron chi connectivity index (χ3n) is 3.09. The highest BCUT2D eigenvalue weighted by Gasteiger charge is 2.20. The molecule has 0 bridgehead atoms. The minimum atomic E-state index is -3.96. The molecule has 2 aromatic heterocycles. The van der Waals surface area contributed by atoms with Crippen LogP contribution in [0.25, 0.3) is 5.76 Å². The number of aromatic nitrogens is 5. The molecular weight excluding hydrogens is 370 g/mol. The van der Waals surface area contributed by atoms with Crippen molar-refractivity contribution in [2.24, 2.45) is 0 Å². The standard InChI is InChI=1S/C14H10ClN5O4S/c15-9-1-3-10(4-2-9)25(23,24)20-6-5-11(19-20)12(21)7-13(22)14-16-8-17-18-14/h1-8,22H,(H,16,17,18). The second-order valence-electron chi connectivity index (χ2n) is 4.75. The van der Waals surface area contributed by atoms with E-state index in [2.05, 4.69) is 20.3 Å². The Labute approximate surface area is 146 Å². The Kier molecular flexibility index (Phi) is 4.38. The van der Waals surface area contributed by atoms with Crippen LogP contribution in [0.15, 0.2) is 53.8 Å². The number of benzene rings is 1. The summed E-state index contributed by atoms with van der Waals surface area (Å²) >= 11 is 5.74. The highest BCUT2D eigenvalue weighted by molar-refractivity contribution is 7.89. The summed E-state index contributed by atoms with van der Waals surface area (Å²) < 4.78 is 25.6. The molecule has 0 radical (unpaired) electrons. The van der Waals surface area contributed by atoms with Crippen LogP contribution in [0.4, 0.5) is 0 Å². The first-order chi connectivity index (χ1) is 11.9. The molecule has 0 unspecified atom stereocenters. The van der Waals surface area contributed by atoms with Crippen LogP contribution in [0.2, 0.25) is 5.02 Å². The summed E-state index contributed by atoms with van der Waals surface area (Å²) in [4.78, 5) is 15.7. The first kappa shape index (κ1) is 16.9. The van der Waals surface area contributed by atoms with Crippen LogP contribution in [0, 0.1) is 0 Å². The molecule has 2 N–H and O–H groups in total. The summed E-state index contributed by atoms with van der Waals surface area (Å²) in [5.41, 5.74) is -0.167. The summed E-state index contributed by atoms with van der Waals surface area (Å²) in [6.07, 6.45) is 3.22. The second kappa shape index (κ2) is 6.49. The lowest BCUT2D eigenvalue weighted by Gasteiger charge is -2.03. The largest absolute Gasteiger partial charge is 0.504 e. The van der Waals surface area contributed by atoms with Crippen LogP contribution in [-0.4, -0.2) is 43.7 Å². The first-order valence-electron chi connectivity index (χ1n) is 6.76. The number of carbonyl (C=O) groups is 1. The number of aliphatic hydroxyl groups is 1. The molecule has 3 rings (SSSR count). The number of aromatic amines is 1. The van der Waals surface area contributed by atoms with Gasteiger partial charge in [0, 0.05) is 17.3 Å². The predicted molar refractivity (Wildman–Crippen MR) is 87.6 cm³/mol. The van der Waals surface area contributed by atoms with E-state index in [1.165, 1.54) is 36.7 Å². The maximum atomic E-state index is 12.4. The van der Waals surface area contributed by atoms with Crippen molar-refractivity contribution in [3.63, 3.8) is 0 Å². The van der Waals surface area contributed by atoms with Crippen LogP contribution in [0.1, 0.15) is 16.3 Å². The SMILES string of the molecule is O=C(C=C(O)c1nc[nH]n1)c1ccn(S(=O)(=O)c2ccc(Cl)cc2)n1. The highest BCUT2D eigenvalue weighted by atomic mass is 35.5. The minimum absolute atomic E-state index is 0.0295. The third-order valence-corrected chi connectivity index (χ3v) is 4.90. The van der Waals surface area contributed by atoms with Crippen molar-refractivity contribution < 1.29 is 18.3 Å². The van der Waals surface area contributed by atoms with Gasteiger partial charge in [-0.1, -0.05) is 11.6 Å². The fraction of sp³-hybridized carbons (Fsp3) is 0. The number of allylic oxidation sites excluding steroid dienone is 1. The van der Waals surface area contributed by atoms with Gasteiger partial charge in [0.1, 0.15) is 12.0 Å². The van der Waals surface area contributed by atoms with Crippen LogP contribution < -0.4 is 0 Å². The molecular formula is C14H10ClN5O4S. The molecule has 0 amide bonds. The normalized spacial score (nSPS) is 12.3. The van der Waals surface area contributed by atoms with E-state index in [1.807, 2.05) is 0 Å². The number of aliphatic hydroxyl groups excluding tert-OH is 1. The van der Waals surface area contributed by atoms with Crippen molar-refractivity contribution in [1.29, 1.82) is 0 Å². The summed E-state index contributed by atoms with van der Waals surface area (Å²) in [6, 6.07) is 6.74. The van der Waals surface area contributed by atoms with Crippen molar-refractivity contribution in [2.45, 2.75) is 4.90 Å². The van der Waals surface area contributed by atoms with Gasteiger partial charge in [-0.05, 0) is 30.3 Å². The lowest BCUT2D eigenvalue weighted by atomic mass is 10.2. The maximum Gasteiger partial charge on any atom is 0.282 e. The Morgan fingerprint density at radius 2 is 1.96 bits per heavy atom. The molecule has 0 fully saturated rings. The van der Waals surface area contributed by atoms with Gasteiger partial charge in [-0.15, -0.1) is 0 Å². The van der Waals surface area contributed by atoms with E-state index in [-0.39, 0.29) is 16.4 Å². The van der Waals surface area contributed by atoms with E-state index in [1.54, 1.807) is 0 Å². The molecule has 0 spiro atoms. The molecule has 3 aromatic rings. The van der Waals surface area contributed by atoms with Gasteiger partial charge >= 0.3 is 0 Å². The van der Waals surface area contributed by atoms with Gasteiger partial charge in [0.15, 0.2) is 5.76 Å². The van der Waals surface area contributed by atoms with E-state index < -0.39 is 21.6 Å². The molecule has 0 aliphatic rings. The lowest BCUT2D eigenvalue weighted by Crippen LogP contribution is -2.14. The van der Waals surface area contributed by atoms with Gasteiger partial charge < -0.3 is 5.11 Å². The van der Waals surface area contributed by atoms with Crippen molar-refractivity contribution in [2.75, 3.05) is 0 Å². The summed E-state index contributed by atoms with van der Waals surface area (Å²) in [6.45, 7) is 0. The zero-order valence-electron chi connectivity index (χ0n) is 12.4. The van der Waals surface area contributed by atoms with Crippen LogP contribution >= 0.6 is 11.6 Å². The van der Waals surface area contributed by atoms with Gasteiger partial charge in [-0.25, -0.2) is 4.98 Å². The van der Waals surface area contributed by atoms with Gasteiger partial charge in [0.25, 0.3) is 10.0 Å². The maximum absolute atomic E-state index is 12.4. The van der Waals surface area contributed by atoms with Gasteiger partial charge in [0.2, 0.25) is 11.6 Å². The third kappa shape index (κ3) is 3.44. The Hall–Kier alpha value is -2.98. The number of H-pyrrole nitrogens is 1. The zero-order valence-corrected chi connectivity index (χ0v) is 13.9. The van der Waals surface area contributed by atoms with Crippen LogP contribution in [0.5, 0.6) is 0 Å². The molecule has 1 aromatic carbocycles. The van der Waals surface area contributed by atoms with Gasteiger partial charge in [0.05, 0.1) is 4.90 Å². The van der Waals surface area contributed by atoms with Crippen LogP contribution in [-0.2, 0) is 10.0 Å². The van der Waals surface area contributed by atoms with Gasteiger partial charge in [-0.3, -0.25) is 9.89 Å². The molecule has 11 heteroatoms. The monoisotopic (exact) mass is 379 g/mol. The van der Waals surface area contributed by atoms with Crippen molar-refractivity contribution in [1.82, 2.24) is 24.4 Å². The average molecular weight is 380 g/mol. The van der Waals surface area contributed by atoms with Gasteiger partial charge in [-0.2, -0.15) is 22.7 Å². The van der Waals surface area contributed by atoms with E-state index in [0.717, 1.165) is 12.3 Å². The average Bonchev–Trinajstić information content (AvgIpc) is 3.27. The molecule has 0 aliphatic carbocycles. The molecule has 0 aliphatic heterocycles. The van der Waals surface area contributed by atoms with Crippen LogP contribution in [0.3, 0.4) is 0 Å². The summed E-state index contributed by atoms with van der Waals surface area (Å²) in [5, 5.41) is 19.9. The number of hydrogen-bond acceptors (Lipinski definition) is 7. The van der Waals surface area contributed by atoms with E-state index >= 15 is 0 Å². The Balaban J connectivity index is 1.88. The molecule has 9 nitrogen and oxygen atoms in total. The van der Waals surface area contributed by atoms with E-state index in [0.29, 0.717) is 9.11 Å². The Bertz CT molecular complexity index is 1040. The van der Waals surface area contributed by atoms with E-state index in [9.17, 15) is 18.3 Å². The smallest absolute Gasteiger partial charge is 0.282 e. The number of hydrogen-bond donors (Lipinski definition) is 2. The fourth-order valence-electron chi connectivity index (χ4n) is 1.88. The minimum Gasteiger partial charge on any atom is -0.504 e. The van der Waals surface area contributed by atoms with Crippen molar-refractivity contribution in [3.8, 4) is 0 Å². The number of halogens is 1. The van der Waals surface area contributed by atoms with Crippen molar-refractivity contribution >= 4 is 33.2 Å². The predicted octanol–water partition coefficient (Wildman–Crippen LogP) is 1.67. The number of ketones is 1. The number of rotatable bonds is 5. The lowest BCUT2D eigenvalue weighted by molar-refractivity contribution is 0.104. The quantitative estimate of drug-likeness (QED) is 0.391. The Morgan fingerprint density at radius 3 is 2.60 bits per heavy atom. The molecule has 2 heterocycles. The molecule has 0 saturated carbocycles. The number of nitrogens with zero attached hydrogens (tertiary/aromatic N) is 4. The highest BCUT2D eigenvalue weighted by Crippen LogP contribution is 2.17. The van der Waals surface area contributed by atoms with Crippen molar-refractivity contribution in [3.05, 3.63) is 65.5 Å². The Morgan fingerprint density at radius 1 is 1.24 bits per heavy atom. The zero-order chi connectivity index (χ0) is 18.0. The number of carbonyl (C=O) groups excluding carboxylic acids is 1. The fourth-order valence-corrected chi connectivity index (χ4v) is 3.12.